The van der Waals surface area contributed by atoms with E-state index in [0.717, 1.165) is 0 Å². The molecule has 1 unspecified atom stereocenters. The Balaban J connectivity index is 2.63. The minimum atomic E-state index is -4.17. The molecule has 0 aliphatic heterocycles. The number of benzene rings is 1. The van der Waals surface area contributed by atoms with Crippen molar-refractivity contribution >= 4 is 17.3 Å². The van der Waals surface area contributed by atoms with Gasteiger partial charge in [-0.1, -0.05) is 23.7 Å². The van der Waals surface area contributed by atoms with Crippen LogP contribution < -0.4 is 5.32 Å². The lowest BCUT2D eigenvalue weighted by molar-refractivity contribution is -0.136. The number of hydrogen-bond donors (Lipinski definition) is 2. The fraction of sp³-hybridized carbons (Fsp3) is 0.538. The number of halogens is 4. The average molecular weight is 296 g/mol. The highest BCUT2D eigenvalue weighted by Crippen LogP contribution is 2.29. The van der Waals surface area contributed by atoms with Gasteiger partial charge in [0, 0.05) is 6.42 Å². The van der Waals surface area contributed by atoms with Gasteiger partial charge >= 0.3 is 6.18 Å². The number of para-hydroxylation sites is 1. The van der Waals surface area contributed by atoms with Gasteiger partial charge < -0.3 is 10.4 Å². The third-order valence-corrected chi connectivity index (χ3v) is 3.18. The first kappa shape index (κ1) is 16.1. The predicted molar refractivity (Wildman–Crippen MR) is 70.5 cm³/mol. The van der Waals surface area contributed by atoms with Gasteiger partial charge in [0.15, 0.2) is 0 Å². The lowest BCUT2D eigenvalue weighted by Crippen LogP contribution is -2.39. The van der Waals surface area contributed by atoms with E-state index in [1.54, 1.807) is 31.2 Å². The molecule has 0 bridgehead atoms. The van der Waals surface area contributed by atoms with Crippen LogP contribution in [0.1, 0.15) is 26.2 Å². The molecule has 1 rings (SSSR count). The second kappa shape index (κ2) is 6.48. The molecule has 0 aliphatic rings. The third kappa shape index (κ3) is 5.70. The van der Waals surface area contributed by atoms with E-state index in [2.05, 4.69) is 5.32 Å². The second-order valence-corrected chi connectivity index (χ2v) is 5.20. The maximum atomic E-state index is 12.1. The molecule has 0 saturated carbocycles. The molecule has 1 aromatic carbocycles. The Morgan fingerprint density at radius 2 is 1.84 bits per heavy atom. The van der Waals surface area contributed by atoms with E-state index in [0.29, 0.717) is 10.7 Å². The van der Waals surface area contributed by atoms with E-state index in [-0.39, 0.29) is 19.4 Å². The Bertz CT molecular complexity index is 411. The van der Waals surface area contributed by atoms with E-state index < -0.39 is 18.1 Å². The highest BCUT2D eigenvalue weighted by atomic mass is 35.5. The normalized spacial score (nSPS) is 15.1. The molecule has 6 heteroatoms. The summed E-state index contributed by atoms with van der Waals surface area (Å²) in [5.41, 5.74) is -0.219. The number of nitrogens with one attached hydrogen (secondary N) is 1. The van der Waals surface area contributed by atoms with Gasteiger partial charge in [-0.2, -0.15) is 13.2 Å². The van der Waals surface area contributed by atoms with Crippen LogP contribution in [0.4, 0.5) is 18.9 Å². The molecule has 2 N–H and O–H groups in total. The molecule has 0 amide bonds. The Labute approximate surface area is 115 Å². The largest absolute Gasteiger partial charge is 0.394 e. The monoisotopic (exact) mass is 295 g/mol. The fourth-order valence-corrected chi connectivity index (χ4v) is 1.93. The molecule has 1 aromatic rings. The molecule has 0 aromatic heterocycles. The summed E-state index contributed by atoms with van der Waals surface area (Å²) in [6.45, 7) is 1.41. The Hall–Kier alpha value is -0.940. The van der Waals surface area contributed by atoms with E-state index >= 15 is 0 Å². The van der Waals surface area contributed by atoms with Crippen molar-refractivity contribution in [2.24, 2.45) is 0 Å². The molecule has 0 radical (unpaired) electrons. The van der Waals surface area contributed by atoms with Gasteiger partial charge in [-0.25, -0.2) is 0 Å². The molecule has 0 spiro atoms. The third-order valence-electron chi connectivity index (χ3n) is 2.85. The van der Waals surface area contributed by atoms with Crippen molar-refractivity contribution in [3.8, 4) is 0 Å². The minimum Gasteiger partial charge on any atom is -0.394 e. The number of anilines is 1. The van der Waals surface area contributed by atoms with E-state index in [4.69, 9.17) is 11.6 Å². The zero-order valence-corrected chi connectivity index (χ0v) is 11.4. The average Bonchev–Trinajstić information content (AvgIpc) is 2.30. The summed E-state index contributed by atoms with van der Waals surface area (Å²) >= 11 is 5.97. The first-order chi connectivity index (χ1) is 8.76. The molecule has 2 nitrogen and oxygen atoms in total. The summed E-state index contributed by atoms with van der Waals surface area (Å²) in [6.07, 6.45) is -4.86. The van der Waals surface area contributed by atoms with Crippen LogP contribution in [0, 0.1) is 0 Å². The number of rotatable bonds is 6. The number of alkyl halides is 3. The van der Waals surface area contributed by atoms with E-state index in [1.165, 1.54) is 0 Å². The van der Waals surface area contributed by atoms with E-state index in [1.807, 2.05) is 0 Å². The maximum Gasteiger partial charge on any atom is 0.389 e. The molecule has 1 atom stereocenters. The summed E-state index contributed by atoms with van der Waals surface area (Å²) in [4.78, 5) is 0. The summed E-state index contributed by atoms with van der Waals surface area (Å²) in [5.74, 6) is 0. The smallest absolute Gasteiger partial charge is 0.389 e. The molecule has 0 saturated heterocycles. The highest BCUT2D eigenvalue weighted by Gasteiger charge is 2.30. The van der Waals surface area contributed by atoms with Gasteiger partial charge in [0.25, 0.3) is 0 Å². The van der Waals surface area contributed by atoms with Gasteiger partial charge in [0.1, 0.15) is 0 Å². The minimum absolute atomic E-state index is 0.0436. The van der Waals surface area contributed by atoms with Crippen LogP contribution >= 0.6 is 11.6 Å². The molecular formula is C13H17ClF3NO. The lowest BCUT2D eigenvalue weighted by atomic mass is 9.95. The van der Waals surface area contributed by atoms with Crippen molar-refractivity contribution in [3.05, 3.63) is 29.3 Å². The predicted octanol–water partition coefficient (Wildman–Crippen LogP) is 4.24. The topological polar surface area (TPSA) is 32.3 Å². The molecule has 0 heterocycles. The van der Waals surface area contributed by atoms with Crippen LogP contribution in [-0.2, 0) is 0 Å². The summed E-state index contributed by atoms with van der Waals surface area (Å²) < 4.78 is 36.4. The van der Waals surface area contributed by atoms with Crippen LogP contribution in [0.2, 0.25) is 5.02 Å². The van der Waals surface area contributed by atoms with Crippen molar-refractivity contribution in [1.82, 2.24) is 0 Å². The quantitative estimate of drug-likeness (QED) is 0.823. The molecule has 108 valence electrons. The number of aliphatic hydroxyl groups is 1. The summed E-state index contributed by atoms with van der Waals surface area (Å²) in [5, 5.41) is 12.9. The van der Waals surface area contributed by atoms with Gasteiger partial charge in [0.05, 0.1) is 22.9 Å². The van der Waals surface area contributed by atoms with Crippen LogP contribution in [0.15, 0.2) is 24.3 Å². The standard InChI is InChI=1S/C13H17ClF3NO/c1-12(9-19,7-4-8-13(15,16)17)18-11-6-3-2-5-10(11)14/h2-3,5-6,18-19H,4,7-9H2,1H3. The first-order valence-electron chi connectivity index (χ1n) is 5.96. The number of hydrogen-bond acceptors (Lipinski definition) is 2. The fourth-order valence-electron chi connectivity index (χ4n) is 1.75. The number of aliphatic hydroxyl groups excluding tert-OH is 1. The van der Waals surface area contributed by atoms with Crippen LogP contribution in [-0.4, -0.2) is 23.4 Å². The van der Waals surface area contributed by atoms with Crippen molar-refractivity contribution in [2.75, 3.05) is 11.9 Å². The molecular weight excluding hydrogens is 279 g/mol. The SMILES string of the molecule is CC(CO)(CCCC(F)(F)F)Nc1ccccc1Cl. The maximum absolute atomic E-state index is 12.1. The first-order valence-corrected chi connectivity index (χ1v) is 6.34. The van der Waals surface area contributed by atoms with Crippen molar-refractivity contribution < 1.29 is 18.3 Å². The second-order valence-electron chi connectivity index (χ2n) is 4.79. The van der Waals surface area contributed by atoms with E-state index in [9.17, 15) is 18.3 Å². The van der Waals surface area contributed by atoms with Crippen LogP contribution in [0.3, 0.4) is 0 Å². The van der Waals surface area contributed by atoms with Gasteiger partial charge in [0.2, 0.25) is 0 Å². The Morgan fingerprint density at radius 1 is 1.21 bits per heavy atom. The van der Waals surface area contributed by atoms with Crippen molar-refractivity contribution in [3.63, 3.8) is 0 Å². The zero-order valence-electron chi connectivity index (χ0n) is 10.6. The Kier molecular flexibility index (Phi) is 5.50. The molecule has 0 fully saturated rings. The highest BCUT2D eigenvalue weighted by molar-refractivity contribution is 6.33. The molecule has 0 aliphatic carbocycles. The van der Waals surface area contributed by atoms with Crippen LogP contribution in [0.5, 0.6) is 0 Å². The van der Waals surface area contributed by atoms with Gasteiger partial charge in [-0.05, 0) is 31.9 Å². The van der Waals surface area contributed by atoms with Crippen LogP contribution in [0.25, 0.3) is 0 Å². The summed E-state index contributed by atoms with van der Waals surface area (Å²) in [6, 6.07) is 6.92. The van der Waals surface area contributed by atoms with Gasteiger partial charge in [-0.3, -0.25) is 0 Å². The van der Waals surface area contributed by atoms with Gasteiger partial charge in [-0.15, -0.1) is 0 Å². The van der Waals surface area contributed by atoms with Crippen molar-refractivity contribution in [2.45, 2.75) is 37.9 Å². The van der Waals surface area contributed by atoms with Crippen molar-refractivity contribution in [1.29, 1.82) is 0 Å². The zero-order chi connectivity index (χ0) is 14.5. The molecule has 19 heavy (non-hydrogen) atoms. The summed E-state index contributed by atoms with van der Waals surface area (Å²) in [7, 11) is 0. The lowest BCUT2D eigenvalue weighted by Gasteiger charge is -2.30. The Morgan fingerprint density at radius 3 is 2.37 bits per heavy atom.